The fourth-order valence-corrected chi connectivity index (χ4v) is 4.07. The summed E-state index contributed by atoms with van der Waals surface area (Å²) < 4.78 is 17.0. The smallest absolute Gasteiger partial charge is 0.411 e. The van der Waals surface area contributed by atoms with Crippen molar-refractivity contribution in [2.45, 2.75) is 135 Å². The van der Waals surface area contributed by atoms with Crippen molar-refractivity contribution in [2.75, 3.05) is 6.54 Å². The van der Waals surface area contributed by atoms with Gasteiger partial charge in [-0.15, -0.1) is 0 Å². The Balaban J connectivity index is 2.01. The molecule has 0 aromatic carbocycles. The molecule has 1 unspecified atom stereocenters. The van der Waals surface area contributed by atoms with Crippen LogP contribution in [0.4, 0.5) is 4.79 Å². The Kier molecular flexibility index (Phi) is 9.58. The number of hydrogen-bond donors (Lipinski definition) is 1. The van der Waals surface area contributed by atoms with Crippen LogP contribution >= 0.6 is 0 Å². The van der Waals surface area contributed by atoms with E-state index in [-0.39, 0.29) is 12.0 Å². The van der Waals surface area contributed by atoms with Crippen molar-refractivity contribution >= 4 is 18.0 Å². The van der Waals surface area contributed by atoms with Crippen molar-refractivity contribution in [3.63, 3.8) is 0 Å². The molecule has 2 rings (SSSR count). The maximum atomic E-state index is 13.1. The SMILES string of the molecule is CCCCCCC[C@H]1O[C@@H]1C(OC(=O)[C@H]1CCCN1C(=O)OC(C)(C)C)C(=O)NC(C)(C)C. The van der Waals surface area contributed by atoms with E-state index in [1.54, 1.807) is 20.8 Å². The predicted molar refractivity (Wildman–Crippen MR) is 126 cm³/mol. The lowest BCUT2D eigenvalue weighted by atomic mass is 10.0. The third kappa shape index (κ3) is 9.14. The van der Waals surface area contributed by atoms with E-state index in [0.29, 0.717) is 19.4 Å². The molecule has 0 spiro atoms. The lowest BCUT2D eigenvalue weighted by molar-refractivity contribution is -0.161. The molecule has 190 valence electrons. The largest absolute Gasteiger partial charge is 0.448 e. The third-order valence-electron chi connectivity index (χ3n) is 5.66. The van der Waals surface area contributed by atoms with Gasteiger partial charge in [-0.3, -0.25) is 9.69 Å². The van der Waals surface area contributed by atoms with Crippen molar-refractivity contribution in [3.05, 3.63) is 0 Å². The van der Waals surface area contributed by atoms with E-state index >= 15 is 0 Å². The number of hydrogen-bond acceptors (Lipinski definition) is 6. The monoisotopic (exact) mass is 468 g/mol. The number of epoxide rings is 1. The Morgan fingerprint density at radius 3 is 2.33 bits per heavy atom. The van der Waals surface area contributed by atoms with Gasteiger partial charge in [-0.1, -0.05) is 39.0 Å². The number of carbonyl (C=O) groups is 3. The number of rotatable bonds is 10. The maximum Gasteiger partial charge on any atom is 0.411 e. The van der Waals surface area contributed by atoms with Gasteiger partial charge in [0.25, 0.3) is 5.91 Å². The summed E-state index contributed by atoms with van der Waals surface area (Å²) in [5.74, 6) is -0.944. The summed E-state index contributed by atoms with van der Waals surface area (Å²) in [5, 5.41) is 2.90. The Morgan fingerprint density at radius 2 is 1.73 bits per heavy atom. The van der Waals surface area contributed by atoms with Crippen molar-refractivity contribution in [3.8, 4) is 0 Å². The molecule has 2 saturated heterocycles. The zero-order valence-corrected chi connectivity index (χ0v) is 21.6. The van der Waals surface area contributed by atoms with Gasteiger partial charge in [-0.25, -0.2) is 9.59 Å². The number of amides is 2. The number of likely N-dealkylation sites (tertiary alicyclic amines) is 1. The van der Waals surface area contributed by atoms with Crippen LogP contribution in [-0.2, 0) is 23.8 Å². The second-order valence-electron chi connectivity index (χ2n) is 11.3. The lowest BCUT2D eigenvalue weighted by Crippen LogP contribution is -2.51. The first-order valence-electron chi connectivity index (χ1n) is 12.5. The zero-order valence-electron chi connectivity index (χ0n) is 21.6. The van der Waals surface area contributed by atoms with Crippen molar-refractivity contribution < 1.29 is 28.6 Å². The molecule has 33 heavy (non-hydrogen) atoms. The van der Waals surface area contributed by atoms with Crippen LogP contribution in [0.1, 0.15) is 99.8 Å². The highest BCUT2D eigenvalue weighted by molar-refractivity contribution is 5.88. The number of unbranched alkanes of at least 4 members (excludes halogenated alkanes) is 4. The van der Waals surface area contributed by atoms with E-state index in [0.717, 1.165) is 19.3 Å². The van der Waals surface area contributed by atoms with Gasteiger partial charge < -0.3 is 19.5 Å². The van der Waals surface area contributed by atoms with Gasteiger partial charge in [-0.2, -0.15) is 0 Å². The van der Waals surface area contributed by atoms with Gasteiger partial charge in [0.2, 0.25) is 6.10 Å². The quantitative estimate of drug-likeness (QED) is 0.291. The summed E-state index contributed by atoms with van der Waals surface area (Å²) in [6, 6.07) is -0.754. The van der Waals surface area contributed by atoms with Crippen LogP contribution < -0.4 is 5.32 Å². The van der Waals surface area contributed by atoms with Crippen LogP contribution in [0.2, 0.25) is 0 Å². The van der Waals surface area contributed by atoms with Gasteiger partial charge in [0.05, 0.1) is 6.10 Å². The molecule has 1 N–H and O–H groups in total. The van der Waals surface area contributed by atoms with Gasteiger partial charge in [-0.05, 0) is 60.8 Å². The fourth-order valence-electron chi connectivity index (χ4n) is 4.07. The molecule has 2 aliphatic heterocycles. The minimum atomic E-state index is -1.03. The average Bonchev–Trinajstić information content (AvgIpc) is 3.24. The number of carbonyl (C=O) groups excluding carboxylic acids is 3. The summed E-state index contributed by atoms with van der Waals surface area (Å²) in [6.45, 7) is 13.6. The molecular weight excluding hydrogens is 424 g/mol. The van der Waals surface area contributed by atoms with Crippen LogP contribution in [0.5, 0.6) is 0 Å². The standard InChI is InChI=1S/C25H44N2O6/c1-8-9-10-11-12-15-18-19(31-18)20(21(28)26-24(2,3)4)32-22(29)17-14-13-16-27(17)23(30)33-25(5,6)7/h17-20H,8-16H2,1-7H3,(H,26,28)/t17-,18-,19+,20?/m1/s1. The molecule has 2 aliphatic rings. The summed E-state index contributed by atoms with van der Waals surface area (Å²) in [4.78, 5) is 40.0. The third-order valence-corrected chi connectivity index (χ3v) is 5.66. The molecule has 8 heteroatoms. The Bertz CT molecular complexity index is 681. The minimum Gasteiger partial charge on any atom is -0.448 e. The van der Waals surface area contributed by atoms with Crippen LogP contribution in [0.3, 0.4) is 0 Å². The minimum absolute atomic E-state index is 0.0827. The highest BCUT2D eigenvalue weighted by Gasteiger charge is 2.51. The molecule has 2 heterocycles. The molecule has 4 atom stereocenters. The average molecular weight is 469 g/mol. The second kappa shape index (κ2) is 11.5. The molecule has 8 nitrogen and oxygen atoms in total. The molecule has 0 aromatic rings. The van der Waals surface area contributed by atoms with Gasteiger partial charge in [0.15, 0.2) is 0 Å². The van der Waals surface area contributed by atoms with E-state index in [2.05, 4.69) is 12.2 Å². The number of nitrogens with one attached hydrogen (secondary N) is 1. The first-order chi connectivity index (χ1) is 15.3. The topological polar surface area (TPSA) is 97.5 Å². The van der Waals surface area contributed by atoms with Gasteiger partial charge >= 0.3 is 12.1 Å². The van der Waals surface area contributed by atoms with Gasteiger partial charge in [0.1, 0.15) is 17.7 Å². The molecule has 2 fully saturated rings. The fraction of sp³-hybridized carbons (Fsp3) is 0.880. The summed E-state index contributed by atoms with van der Waals surface area (Å²) in [5.41, 5.74) is -1.13. The molecule has 0 bridgehead atoms. The summed E-state index contributed by atoms with van der Waals surface area (Å²) in [6.07, 6.45) is 5.68. The molecule has 0 saturated carbocycles. The van der Waals surface area contributed by atoms with Crippen molar-refractivity contribution in [1.82, 2.24) is 10.2 Å². The Hall–Kier alpha value is -1.83. The van der Waals surface area contributed by atoms with E-state index in [4.69, 9.17) is 14.2 Å². The van der Waals surface area contributed by atoms with Crippen LogP contribution in [-0.4, -0.2) is 64.9 Å². The highest BCUT2D eigenvalue weighted by Crippen LogP contribution is 2.33. The molecule has 0 aromatic heterocycles. The Morgan fingerprint density at radius 1 is 1.06 bits per heavy atom. The first-order valence-corrected chi connectivity index (χ1v) is 12.5. The normalized spacial score (nSPS) is 23.7. The number of esters is 1. The van der Waals surface area contributed by atoms with Gasteiger partial charge in [0, 0.05) is 12.1 Å². The summed E-state index contributed by atoms with van der Waals surface area (Å²) >= 11 is 0. The van der Waals surface area contributed by atoms with E-state index in [9.17, 15) is 14.4 Å². The Labute approximate surface area is 199 Å². The molecule has 0 aliphatic carbocycles. The number of nitrogens with zero attached hydrogens (tertiary/aromatic N) is 1. The molecule has 2 amide bonds. The second-order valence-corrected chi connectivity index (χ2v) is 11.3. The maximum absolute atomic E-state index is 13.1. The van der Waals surface area contributed by atoms with E-state index in [1.807, 2.05) is 20.8 Å². The molecular formula is C25H44N2O6. The highest BCUT2D eigenvalue weighted by atomic mass is 16.6. The van der Waals surface area contributed by atoms with Crippen LogP contribution in [0.15, 0.2) is 0 Å². The van der Waals surface area contributed by atoms with Crippen molar-refractivity contribution in [2.24, 2.45) is 0 Å². The zero-order chi connectivity index (χ0) is 24.8. The summed E-state index contributed by atoms with van der Waals surface area (Å²) in [7, 11) is 0. The van der Waals surface area contributed by atoms with Crippen LogP contribution in [0, 0.1) is 0 Å². The van der Waals surface area contributed by atoms with E-state index < -0.39 is 41.5 Å². The number of ether oxygens (including phenoxy) is 3. The first kappa shape index (κ1) is 27.4. The molecule has 0 radical (unpaired) electrons. The lowest BCUT2D eigenvalue weighted by Gasteiger charge is -2.29. The predicted octanol–water partition coefficient (Wildman–Crippen LogP) is 4.34. The van der Waals surface area contributed by atoms with Crippen LogP contribution in [0.25, 0.3) is 0 Å². The van der Waals surface area contributed by atoms with Crippen molar-refractivity contribution in [1.29, 1.82) is 0 Å². The van der Waals surface area contributed by atoms with E-state index in [1.165, 1.54) is 24.2 Å².